The van der Waals surface area contributed by atoms with E-state index in [0.717, 1.165) is 0 Å². The summed E-state index contributed by atoms with van der Waals surface area (Å²) in [5.74, 6) is -1.73. The monoisotopic (exact) mass is 350 g/mol. The fraction of sp³-hybridized carbons (Fsp3) is 0.188. The van der Waals surface area contributed by atoms with E-state index in [4.69, 9.17) is 20.8 Å². The van der Waals surface area contributed by atoms with Gasteiger partial charge in [-0.25, -0.2) is 0 Å². The topological polar surface area (TPSA) is 97.6 Å². The molecule has 0 bridgehead atoms. The molecule has 8 heteroatoms. The third kappa shape index (κ3) is 5.13. The Morgan fingerprint density at radius 1 is 1.25 bits per heavy atom. The second-order valence-electron chi connectivity index (χ2n) is 4.79. The van der Waals surface area contributed by atoms with E-state index >= 15 is 0 Å². The molecular weight excluding hydrogens is 336 g/mol. The first-order valence-electron chi connectivity index (χ1n) is 7.03. The smallest absolute Gasteiger partial charge is 0.326 e. The minimum atomic E-state index is -1.03. The standard InChI is InChI=1S/C16H15ClN2O5/c1-10(15(21)19-12-5-2-4-11(17)8-12)24-14(20)9-18-16(22)13-6-3-7-23-13/h2-8,10H,9H2,1H3,(H,18,22)(H,19,21)/t10-/m1/s1. The lowest BCUT2D eigenvalue weighted by atomic mass is 10.3. The Labute approximate surface area is 142 Å². The Balaban J connectivity index is 1.78. The largest absolute Gasteiger partial charge is 0.459 e. The van der Waals surface area contributed by atoms with Crippen molar-refractivity contribution < 1.29 is 23.5 Å². The second-order valence-corrected chi connectivity index (χ2v) is 5.23. The number of hydrogen-bond acceptors (Lipinski definition) is 5. The number of carbonyl (C=O) groups is 3. The number of benzene rings is 1. The molecule has 0 aliphatic carbocycles. The fourth-order valence-electron chi connectivity index (χ4n) is 1.75. The molecule has 2 rings (SSSR count). The van der Waals surface area contributed by atoms with Gasteiger partial charge in [-0.15, -0.1) is 0 Å². The van der Waals surface area contributed by atoms with Crippen molar-refractivity contribution in [1.82, 2.24) is 5.32 Å². The predicted octanol–water partition coefficient (Wildman–Crippen LogP) is 2.23. The van der Waals surface area contributed by atoms with Gasteiger partial charge in [0.25, 0.3) is 11.8 Å². The minimum Gasteiger partial charge on any atom is -0.459 e. The number of halogens is 1. The molecule has 0 saturated carbocycles. The predicted molar refractivity (Wildman–Crippen MR) is 86.7 cm³/mol. The van der Waals surface area contributed by atoms with Gasteiger partial charge in [0.05, 0.1) is 6.26 Å². The summed E-state index contributed by atoms with van der Waals surface area (Å²) in [6.07, 6.45) is 0.312. The minimum absolute atomic E-state index is 0.0783. The number of nitrogens with one attached hydrogen (secondary N) is 2. The van der Waals surface area contributed by atoms with E-state index in [2.05, 4.69) is 10.6 Å². The van der Waals surface area contributed by atoms with Gasteiger partial charge in [-0.05, 0) is 37.3 Å². The normalized spacial score (nSPS) is 11.4. The maximum absolute atomic E-state index is 12.0. The number of ether oxygens (including phenoxy) is 1. The second kappa shape index (κ2) is 8.16. The average Bonchev–Trinajstić information content (AvgIpc) is 3.07. The van der Waals surface area contributed by atoms with Crippen LogP contribution in [0.1, 0.15) is 17.5 Å². The zero-order chi connectivity index (χ0) is 17.5. The molecule has 0 radical (unpaired) electrons. The SMILES string of the molecule is C[C@@H](OC(=O)CNC(=O)c1ccco1)C(=O)Nc1cccc(Cl)c1. The van der Waals surface area contributed by atoms with Crippen LogP contribution in [0, 0.1) is 0 Å². The van der Waals surface area contributed by atoms with Gasteiger partial charge in [0, 0.05) is 10.7 Å². The zero-order valence-electron chi connectivity index (χ0n) is 12.7. The maximum atomic E-state index is 12.0. The Bertz CT molecular complexity index is 730. The Hall–Kier alpha value is -2.80. The van der Waals surface area contributed by atoms with E-state index < -0.39 is 23.9 Å². The van der Waals surface area contributed by atoms with Crippen LogP contribution >= 0.6 is 11.6 Å². The van der Waals surface area contributed by atoms with Crippen molar-refractivity contribution >= 4 is 35.1 Å². The van der Waals surface area contributed by atoms with E-state index in [0.29, 0.717) is 10.7 Å². The molecule has 0 aliphatic heterocycles. The van der Waals surface area contributed by atoms with Crippen molar-refractivity contribution in [2.45, 2.75) is 13.0 Å². The van der Waals surface area contributed by atoms with Crippen molar-refractivity contribution in [2.24, 2.45) is 0 Å². The first-order chi connectivity index (χ1) is 11.5. The lowest BCUT2D eigenvalue weighted by Crippen LogP contribution is -2.35. The number of amides is 2. The van der Waals surface area contributed by atoms with Crippen molar-refractivity contribution in [3.8, 4) is 0 Å². The van der Waals surface area contributed by atoms with Crippen molar-refractivity contribution in [2.75, 3.05) is 11.9 Å². The fourth-order valence-corrected chi connectivity index (χ4v) is 1.94. The van der Waals surface area contributed by atoms with Gasteiger partial charge >= 0.3 is 5.97 Å². The van der Waals surface area contributed by atoms with Crippen LogP contribution in [0.4, 0.5) is 5.69 Å². The highest BCUT2D eigenvalue weighted by Gasteiger charge is 2.19. The summed E-state index contributed by atoms with van der Waals surface area (Å²) in [6.45, 7) is 1.04. The molecule has 1 heterocycles. The molecule has 0 unspecified atom stereocenters. The van der Waals surface area contributed by atoms with Crippen LogP contribution in [0.5, 0.6) is 0 Å². The summed E-state index contributed by atoms with van der Waals surface area (Å²) in [6, 6.07) is 9.58. The number of furan rings is 1. The molecular formula is C16H15ClN2O5. The number of esters is 1. The van der Waals surface area contributed by atoms with Gasteiger partial charge in [0.1, 0.15) is 6.54 Å². The Morgan fingerprint density at radius 2 is 2.04 bits per heavy atom. The Morgan fingerprint density at radius 3 is 2.71 bits per heavy atom. The molecule has 0 fully saturated rings. The Kier molecular flexibility index (Phi) is 5.97. The number of hydrogen-bond donors (Lipinski definition) is 2. The van der Waals surface area contributed by atoms with Gasteiger partial charge in [-0.2, -0.15) is 0 Å². The number of carbonyl (C=O) groups excluding carboxylic acids is 3. The summed E-state index contributed by atoms with van der Waals surface area (Å²) in [5, 5.41) is 5.37. The molecule has 126 valence electrons. The van der Waals surface area contributed by atoms with Crippen LogP contribution < -0.4 is 10.6 Å². The van der Waals surface area contributed by atoms with E-state index in [1.165, 1.54) is 19.3 Å². The van der Waals surface area contributed by atoms with Crippen LogP contribution in [0.3, 0.4) is 0 Å². The zero-order valence-corrected chi connectivity index (χ0v) is 13.5. The van der Waals surface area contributed by atoms with Gasteiger partial charge < -0.3 is 19.8 Å². The summed E-state index contributed by atoms with van der Waals surface area (Å²) < 4.78 is 9.84. The molecule has 2 amide bonds. The lowest BCUT2D eigenvalue weighted by Gasteiger charge is -2.13. The molecule has 7 nitrogen and oxygen atoms in total. The van der Waals surface area contributed by atoms with Gasteiger partial charge in [-0.3, -0.25) is 14.4 Å². The quantitative estimate of drug-likeness (QED) is 0.778. The first-order valence-corrected chi connectivity index (χ1v) is 7.41. The van der Waals surface area contributed by atoms with Crippen LogP contribution in [-0.4, -0.2) is 30.4 Å². The van der Waals surface area contributed by atoms with E-state index in [1.54, 1.807) is 30.3 Å². The molecule has 1 atom stereocenters. The third-order valence-electron chi connectivity index (χ3n) is 2.91. The summed E-state index contributed by atoms with van der Waals surface area (Å²) in [7, 11) is 0. The van der Waals surface area contributed by atoms with E-state index in [-0.39, 0.29) is 12.3 Å². The first kappa shape index (κ1) is 17.6. The van der Waals surface area contributed by atoms with Crippen molar-refractivity contribution in [3.63, 3.8) is 0 Å². The number of anilines is 1. The van der Waals surface area contributed by atoms with E-state index in [1.807, 2.05) is 0 Å². The average molecular weight is 351 g/mol. The number of rotatable bonds is 6. The van der Waals surface area contributed by atoms with Crippen LogP contribution in [0.2, 0.25) is 5.02 Å². The van der Waals surface area contributed by atoms with Crippen LogP contribution in [-0.2, 0) is 14.3 Å². The maximum Gasteiger partial charge on any atom is 0.326 e. The molecule has 1 aromatic carbocycles. The van der Waals surface area contributed by atoms with E-state index in [9.17, 15) is 14.4 Å². The summed E-state index contributed by atoms with van der Waals surface area (Å²) in [5.41, 5.74) is 0.488. The van der Waals surface area contributed by atoms with Gasteiger partial charge in [-0.1, -0.05) is 17.7 Å². The van der Waals surface area contributed by atoms with Gasteiger partial charge in [0.2, 0.25) is 0 Å². The molecule has 0 aliphatic rings. The molecule has 2 aromatic rings. The highest BCUT2D eigenvalue weighted by atomic mass is 35.5. The molecule has 2 N–H and O–H groups in total. The highest BCUT2D eigenvalue weighted by Crippen LogP contribution is 2.15. The van der Waals surface area contributed by atoms with Crippen molar-refractivity contribution in [1.29, 1.82) is 0 Å². The molecule has 1 aromatic heterocycles. The molecule has 0 saturated heterocycles. The van der Waals surface area contributed by atoms with Crippen molar-refractivity contribution in [3.05, 3.63) is 53.4 Å². The lowest BCUT2D eigenvalue weighted by molar-refractivity contribution is -0.152. The summed E-state index contributed by atoms with van der Waals surface area (Å²) in [4.78, 5) is 35.2. The third-order valence-corrected chi connectivity index (χ3v) is 3.14. The van der Waals surface area contributed by atoms with Gasteiger partial charge in [0.15, 0.2) is 11.9 Å². The molecule has 0 spiro atoms. The van der Waals surface area contributed by atoms with Crippen LogP contribution in [0.15, 0.2) is 47.1 Å². The molecule has 24 heavy (non-hydrogen) atoms. The highest BCUT2D eigenvalue weighted by molar-refractivity contribution is 6.30. The van der Waals surface area contributed by atoms with Crippen LogP contribution in [0.25, 0.3) is 0 Å². The summed E-state index contributed by atoms with van der Waals surface area (Å²) >= 11 is 5.82.